The number of halogens is 1. The van der Waals surface area contributed by atoms with Gasteiger partial charge in [0, 0.05) is 10.0 Å². The molecule has 27 heavy (non-hydrogen) atoms. The first-order chi connectivity index (χ1) is 13.1. The minimum absolute atomic E-state index is 0.199. The molecule has 1 saturated heterocycles. The van der Waals surface area contributed by atoms with Crippen LogP contribution < -0.4 is 19.5 Å². The largest absolute Gasteiger partial charge is 0.493 e. The number of nitrogens with one attached hydrogen (secondary N) is 1. The van der Waals surface area contributed by atoms with Gasteiger partial charge in [0.25, 0.3) is 5.91 Å². The fraction of sp³-hybridized carbons (Fsp3) is 0.158. The van der Waals surface area contributed by atoms with Gasteiger partial charge in [-0.2, -0.15) is 0 Å². The summed E-state index contributed by atoms with van der Waals surface area (Å²) in [6, 6.07) is 13.1. The molecule has 0 bridgehead atoms. The number of amides is 1. The van der Waals surface area contributed by atoms with Crippen molar-refractivity contribution in [3.8, 4) is 17.2 Å². The summed E-state index contributed by atoms with van der Waals surface area (Å²) in [6.45, 7) is 0.694. The molecule has 1 amide bonds. The van der Waals surface area contributed by atoms with Gasteiger partial charge in [-0.1, -0.05) is 52.0 Å². The number of benzene rings is 2. The Hall–Kier alpha value is -2.03. The van der Waals surface area contributed by atoms with Gasteiger partial charge >= 0.3 is 0 Å². The first kappa shape index (κ1) is 19.7. The maximum Gasteiger partial charge on any atom is 0.263 e. The highest BCUT2D eigenvalue weighted by Gasteiger charge is 2.22. The summed E-state index contributed by atoms with van der Waals surface area (Å²) in [6.07, 6.45) is 1.76. The average molecular weight is 466 g/mol. The van der Waals surface area contributed by atoms with E-state index in [2.05, 4.69) is 21.2 Å². The van der Waals surface area contributed by atoms with Crippen LogP contribution in [0.4, 0.5) is 0 Å². The second-order valence-corrected chi connectivity index (χ2v) is 8.02. The van der Waals surface area contributed by atoms with Crippen molar-refractivity contribution in [1.82, 2.24) is 5.32 Å². The Balaban J connectivity index is 1.66. The van der Waals surface area contributed by atoms with E-state index < -0.39 is 0 Å². The fourth-order valence-electron chi connectivity index (χ4n) is 2.37. The molecule has 1 fully saturated rings. The van der Waals surface area contributed by atoms with Crippen molar-refractivity contribution in [3.63, 3.8) is 0 Å². The number of thioether (sulfide) groups is 1. The first-order valence-corrected chi connectivity index (χ1v) is 10.0. The zero-order valence-corrected chi connectivity index (χ0v) is 17.6. The molecule has 1 N–H and O–H groups in total. The van der Waals surface area contributed by atoms with Gasteiger partial charge < -0.3 is 19.5 Å². The van der Waals surface area contributed by atoms with Crippen LogP contribution in [0.5, 0.6) is 17.2 Å². The molecule has 0 atom stereocenters. The van der Waals surface area contributed by atoms with Gasteiger partial charge in [0.1, 0.15) is 23.3 Å². The second-order valence-electron chi connectivity index (χ2n) is 5.38. The number of thiocarbonyl (C=S) groups is 1. The van der Waals surface area contributed by atoms with Crippen LogP contribution >= 0.6 is 39.9 Å². The van der Waals surface area contributed by atoms with Crippen molar-refractivity contribution in [3.05, 3.63) is 57.4 Å². The molecule has 3 rings (SSSR count). The summed E-state index contributed by atoms with van der Waals surface area (Å²) in [5.41, 5.74) is 0.781. The lowest BCUT2D eigenvalue weighted by molar-refractivity contribution is -0.115. The topological polar surface area (TPSA) is 56.8 Å². The standard InChI is InChI=1S/C19H16BrNO4S2/c1-23-15-4-2-3-5-16(15)25-9-8-24-14-7-6-13(20)10-12(14)11-17-18(22)21-19(26)27-17/h2-7,10-11H,8-9H2,1H3,(H,21,22,26)/b17-11-. The molecule has 2 aromatic carbocycles. The van der Waals surface area contributed by atoms with Crippen LogP contribution in [0, 0.1) is 0 Å². The molecule has 2 aromatic rings. The molecule has 0 aromatic heterocycles. The molecule has 5 nitrogen and oxygen atoms in total. The monoisotopic (exact) mass is 465 g/mol. The van der Waals surface area contributed by atoms with Crippen molar-refractivity contribution in [2.75, 3.05) is 20.3 Å². The van der Waals surface area contributed by atoms with Gasteiger partial charge in [-0.3, -0.25) is 4.79 Å². The van der Waals surface area contributed by atoms with E-state index in [1.165, 1.54) is 11.8 Å². The Morgan fingerprint density at radius 1 is 1.11 bits per heavy atom. The Morgan fingerprint density at radius 3 is 2.48 bits per heavy atom. The van der Waals surface area contributed by atoms with E-state index in [-0.39, 0.29) is 5.91 Å². The van der Waals surface area contributed by atoms with E-state index in [4.69, 9.17) is 26.4 Å². The molecule has 0 saturated carbocycles. The minimum atomic E-state index is -0.199. The van der Waals surface area contributed by atoms with E-state index in [0.29, 0.717) is 39.7 Å². The highest BCUT2D eigenvalue weighted by molar-refractivity contribution is 9.10. The third-order valence-corrected chi connectivity index (χ3v) is 5.22. The quantitative estimate of drug-likeness (QED) is 0.371. The molecular weight excluding hydrogens is 450 g/mol. The maximum absolute atomic E-state index is 11.9. The van der Waals surface area contributed by atoms with Gasteiger partial charge in [-0.05, 0) is 36.4 Å². The number of hydrogen-bond acceptors (Lipinski definition) is 6. The predicted octanol–water partition coefficient (Wildman–Crippen LogP) is 4.40. The normalized spacial score (nSPS) is 15.0. The molecule has 0 spiro atoms. The van der Waals surface area contributed by atoms with Gasteiger partial charge in [0.15, 0.2) is 11.5 Å². The van der Waals surface area contributed by atoms with Gasteiger partial charge in [-0.25, -0.2) is 0 Å². The van der Waals surface area contributed by atoms with E-state index >= 15 is 0 Å². The zero-order valence-electron chi connectivity index (χ0n) is 14.4. The van der Waals surface area contributed by atoms with E-state index in [0.717, 1.165) is 10.0 Å². The summed E-state index contributed by atoms with van der Waals surface area (Å²) in [4.78, 5) is 12.4. The molecule has 140 valence electrons. The molecule has 8 heteroatoms. The number of para-hydroxylation sites is 2. The number of methoxy groups -OCH3 is 1. The molecule has 0 radical (unpaired) electrons. The van der Waals surface area contributed by atoms with E-state index in [9.17, 15) is 4.79 Å². The predicted molar refractivity (Wildman–Crippen MR) is 114 cm³/mol. The summed E-state index contributed by atoms with van der Waals surface area (Å²) in [5.74, 6) is 1.79. The Labute approximate surface area is 175 Å². The summed E-state index contributed by atoms with van der Waals surface area (Å²) in [7, 11) is 1.60. The molecule has 1 aliphatic rings. The molecule has 1 aliphatic heterocycles. The third-order valence-electron chi connectivity index (χ3n) is 3.57. The third kappa shape index (κ3) is 5.24. The van der Waals surface area contributed by atoms with Crippen molar-refractivity contribution >= 4 is 56.2 Å². The smallest absolute Gasteiger partial charge is 0.263 e. The van der Waals surface area contributed by atoms with Crippen LogP contribution in [0.3, 0.4) is 0 Å². The minimum Gasteiger partial charge on any atom is -0.493 e. The van der Waals surface area contributed by atoms with Crippen LogP contribution in [0.1, 0.15) is 5.56 Å². The molecule has 0 unspecified atom stereocenters. The highest BCUT2D eigenvalue weighted by Crippen LogP contribution is 2.31. The number of hydrogen-bond donors (Lipinski definition) is 1. The number of carbonyl (C=O) groups is 1. The fourth-order valence-corrected chi connectivity index (χ4v) is 3.78. The van der Waals surface area contributed by atoms with Crippen LogP contribution in [0.25, 0.3) is 6.08 Å². The number of ether oxygens (including phenoxy) is 3. The van der Waals surface area contributed by atoms with Gasteiger partial charge in [-0.15, -0.1) is 0 Å². The lowest BCUT2D eigenvalue weighted by atomic mass is 10.2. The molecule has 1 heterocycles. The zero-order chi connectivity index (χ0) is 19.2. The van der Waals surface area contributed by atoms with Crippen LogP contribution in [0.2, 0.25) is 0 Å². The maximum atomic E-state index is 11.9. The summed E-state index contributed by atoms with van der Waals surface area (Å²) < 4.78 is 18.2. The first-order valence-electron chi connectivity index (χ1n) is 8.00. The Morgan fingerprint density at radius 2 is 1.81 bits per heavy atom. The highest BCUT2D eigenvalue weighted by atomic mass is 79.9. The van der Waals surface area contributed by atoms with E-state index in [1.54, 1.807) is 13.2 Å². The SMILES string of the molecule is COc1ccccc1OCCOc1ccc(Br)cc1/C=C1\SC(=S)NC1=O. The van der Waals surface area contributed by atoms with Gasteiger partial charge in [0.05, 0.1) is 12.0 Å². The van der Waals surface area contributed by atoms with Crippen molar-refractivity contribution in [1.29, 1.82) is 0 Å². The average Bonchev–Trinajstić information content (AvgIpc) is 2.97. The Bertz CT molecular complexity index is 901. The van der Waals surface area contributed by atoms with Crippen molar-refractivity contribution in [2.24, 2.45) is 0 Å². The van der Waals surface area contributed by atoms with Crippen molar-refractivity contribution in [2.45, 2.75) is 0 Å². The molecule has 0 aliphatic carbocycles. The van der Waals surface area contributed by atoms with Crippen LogP contribution in [-0.2, 0) is 4.79 Å². The van der Waals surface area contributed by atoms with Gasteiger partial charge in [0.2, 0.25) is 0 Å². The van der Waals surface area contributed by atoms with Crippen LogP contribution in [-0.4, -0.2) is 30.6 Å². The summed E-state index contributed by atoms with van der Waals surface area (Å²) in [5, 5.41) is 2.61. The Kier molecular flexibility index (Phi) is 6.76. The van der Waals surface area contributed by atoms with Crippen molar-refractivity contribution < 1.29 is 19.0 Å². The lowest BCUT2D eigenvalue weighted by Crippen LogP contribution is -2.17. The number of rotatable bonds is 7. The van der Waals surface area contributed by atoms with Crippen LogP contribution in [0.15, 0.2) is 51.8 Å². The summed E-state index contributed by atoms with van der Waals surface area (Å²) >= 11 is 9.70. The van der Waals surface area contributed by atoms with E-state index in [1.807, 2.05) is 42.5 Å². The number of carbonyl (C=O) groups excluding carboxylic acids is 1. The second kappa shape index (κ2) is 9.25. The lowest BCUT2D eigenvalue weighted by Gasteiger charge is -2.12. The molecular formula is C19H16BrNO4S2.